The Hall–Kier alpha value is -1.80. The maximum Gasteiger partial charge on any atom is 0.257 e. The summed E-state index contributed by atoms with van der Waals surface area (Å²) in [5, 5.41) is 12.9. The van der Waals surface area contributed by atoms with Crippen molar-refractivity contribution in [3.8, 4) is 0 Å². The average molecular weight is 344 g/mol. The number of morpholine rings is 1. The zero-order chi connectivity index (χ0) is 17.0. The van der Waals surface area contributed by atoms with E-state index in [4.69, 9.17) is 9.26 Å². The van der Waals surface area contributed by atoms with E-state index < -0.39 is 0 Å². The van der Waals surface area contributed by atoms with Crippen LogP contribution in [0.3, 0.4) is 0 Å². The SMILES string of the molecule is C[C@@H]1CN(Cc2nnc(C3CC3)n2C)C[C@H](c2nc(C3CC3)no2)O1. The molecule has 0 aromatic carbocycles. The predicted octanol–water partition coefficient (Wildman–Crippen LogP) is 1.91. The first kappa shape index (κ1) is 15.5. The molecule has 25 heavy (non-hydrogen) atoms. The lowest BCUT2D eigenvalue weighted by Crippen LogP contribution is -2.42. The summed E-state index contributed by atoms with van der Waals surface area (Å²) in [5.74, 6) is 4.69. The zero-order valence-electron chi connectivity index (χ0n) is 14.8. The van der Waals surface area contributed by atoms with E-state index >= 15 is 0 Å². The molecule has 3 heterocycles. The number of nitrogens with zero attached hydrogens (tertiary/aromatic N) is 6. The molecule has 0 bridgehead atoms. The molecule has 0 spiro atoms. The van der Waals surface area contributed by atoms with Crippen molar-refractivity contribution in [3.63, 3.8) is 0 Å². The fraction of sp³-hybridized carbons (Fsp3) is 0.765. The van der Waals surface area contributed by atoms with Crippen molar-refractivity contribution in [2.45, 2.75) is 63.2 Å². The van der Waals surface area contributed by atoms with E-state index in [0.717, 1.165) is 37.1 Å². The molecular weight excluding hydrogens is 320 g/mol. The molecule has 2 atom stereocenters. The van der Waals surface area contributed by atoms with Crippen molar-refractivity contribution >= 4 is 0 Å². The van der Waals surface area contributed by atoms with Crippen LogP contribution in [-0.4, -0.2) is 49.0 Å². The van der Waals surface area contributed by atoms with Crippen molar-refractivity contribution in [3.05, 3.63) is 23.4 Å². The lowest BCUT2D eigenvalue weighted by molar-refractivity contribution is -0.0937. The van der Waals surface area contributed by atoms with Crippen molar-refractivity contribution in [2.24, 2.45) is 7.05 Å². The van der Waals surface area contributed by atoms with Crippen LogP contribution in [-0.2, 0) is 18.3 Å². The Morgan fingerprint density at radius 1 is 1.08 bits per heavy atom. The molecule has 8 heteroatoms. The Morgan fingerprint density at radius 2 is 1.88 bits per heavy atom. The second-order valence-electron chi connectivity index (χ2n) is 7.70. The maximum atomic E-state index is 6.06. The van der Waals surface area contributed by atoms with Gasteiger partial charge in [-0.05, 0) is 32.6 Å². The van der Waals surface area contributed by atoms with Gasteiger partial charge in [-0.15, -0.1) is 10.2 Å². The van der Waals surface area contributed by atoms with Crippen LogP contribution in [0.2, 0.25) is 0 Å². The minimum Gasteiger partial charge on any atom is -0.363 e. The van der Waals surface area contributed by atoms with Gasteiger partial charge < -0.3 is 13.8 Å². The standard InChI is InChI=1S/C17H24N6O2/c1-10-7-23(9-14-19-20-16(22(14)2)12-5-6-12)8-13(24-10)17-18-15(21-25-17)11-3-4-11/h10-13H,3-9H2,1-2H3/t10-,13-/m1/s1. The van der Waals surface area contributed by atoms with Gasteiger partial charge in [-0.3, -0.25) is 4.90 Å². The van der Waals surface area contributed by atoms with Gasteiger partial charge in [0.2, 0.25) is 0 Å². The Kier molecular flexibility index (Phi) is 3.63. The summed E-state index contributed by atoms with van der Waals surface area (Å²) in [4.78, 5) is 6.91. The van der Waals surface area contributed by atoms with Crippen LogP contribution in [0.5, 0.6) is 0 Å². The molecule has 3 aliphatic rings. The van der Waals surface area contributed by atoms with Gasteiger partial charge in [0, 0.05) is 32.0 Å². The second kappa shape index (κ2) is 5.88. The van der Waals surface area contributed by atoms with Gasteiger partial charge in [0.05, 0.1) is 12.6 Å². The molecule has 134 valence electrons. The summed E-state index contributed by atoms with van der Waals surface area (Å²) >= 11 is 0. The van der Waals surface area contributed by atoms with E-state index in [1.165, 1.54) is 25.7 Å². The first-order valence-electron chi connectivity index (χ1n) is 9.27. The van der Waals surface area contributed by atoms with Crippen LogP contribution in [0.25, 0.3) is 0 Å². The third kappa shape index (κ3) is 3.08. The molecule has 5 rings (SSSR count). The number of hydrogen-bond donors (Lipinski definition) is 0. The molecule has 2 aromatic rings. The number of rotatable bonds is 5. The van der Waals surface area contributed by atoms with Crippen molar-refractivity contribution < 1.29 is 9.26 Å². The molecule has 0 amide bonds. The largest absolute Gasteiger partial charge is 0.363 e. The molecule has 2 saturated carbocycles. The third-order valence-corrected chi connectivity index (χ3v) is 5.32. The highest BCUT2D eigenvalue weighted by Crippen LogP contribution is 2.39. The topological polar surface area (TPSA) is 82.1 Å². The van der Waals surface area contributed by atoms with Gasteiger partial charge in [-0.2, -0.15) is 4.98 Å². The summed E-state index contributed by atoms with van der Waals surface area (Å²) in [6, 6.07) is 0. The Labute approximate surface area is 146 Å². The number of hydrogen-bond acceptors (Lipinski definition) is 7. The van der Waals surface area contributed by atoms with E-state index in [1.807, 2.05) is 0 Å². The molecule has 0 N–H and O–H groups in total. The Morgan fingerprint density at radius 3 is 2.64 bits per heavy atom. The lowest BCUT2D eigenvalue weighted by Gasteiger charge is -2.34. The Bertz CT molecular complexity index is 763. The molecule has 0 radical (unpaired) electrons. The molecule has 1 aliphatic heterocycles. The van der Waals surface area contributed by atoms with Gasteiger partial charge in [0.1, 0.15) is 17.8 Å². The van der Waals surface area contributed by atoms with Gasteiger partial charge in [0.15, 0.2) is 5.82 Å². The highest BCUT2D eigenvalue weighted by molar-refractivity contribution is 5.08. The molecular formula is C17H24N6O2. The van der Waals surface area contributed by atoms with Crippen molar-refractivity contribution in [2.75, 3.05) is 13.1 Å². The first-order valence-corrected chi connectivity index (χ1v) is 9.27. The van der Waals surface area contributed by atoms with E-state index in [0.29, 0.717) is 17.7 Å². The van der Waals surface area contributed by atoms with Crippen LogP contribution in [0, 0.1) is 0 Å². The summed E-state index contributed by atoms with van der Waals surface area (Å²) in [7, 11) is 2.07. The van der Waals surface area contributed by atoms with Gasteiger partial charge in [-0.1, -0.05) is 5.16 Å². The lowest BCUT2D eigenvalue weighted by atomic mass is 10.2. The fourth-order valence-electron chi connectivity index (χ4n) is 3.60. The molecule has 8 nitrogen and oxygen atoms in total. The second-order valence-corrected chi connectivity index (χ2v) is 7.70. The van der Waals surface area contributed by atoms with Gasteiger partial charge in [-0.25, -0.2) is 0 Å². The smallest absolute Gasteiger partial charge is 0.257 e. The molecule has 0 unspecified atom stereocenters. The van der Waals surface area contributed by atoms with E-state index in [1.54, 1.807) is 0 Å². The minimum absolute atomic E-state index is 0.117. The van der Waals surface area contributed by atoms with E-state index in [9.17, 15) is 0 Å². The molecule has 3 fully saturated rings. The predicted molar refractivity (Wildman–Crippen MR) is 87.8 cm³/mol. The molecule has 1 saturated heterocycles. The normalized spacial score (nSPS) is 27.8. The Balaban J connectivity index is 1.29. The maximum absolute atomic E-state index is 6.06. The van der Waals surface area contributed by atoms with Crippen molar-refractivity contribution in [1.29, 1.82) is 0 Å². The van der Waals surface area contributed by atoms with Gasteiger partial charge >= 0.3 is 0 Å². The molecule has 2 aromatic heterocycles. The van der Waals surface area contributed by atoms with E-state index in [2.05, 4.69) is 43.8 Å². The van der Waals surface area contributed by atoms with Crippen LogP contribution >= 0.6 is 0 Å². The summed E-state index contributed by atoms with van der Waals surface area (Å²) in [6.45, 7) is 4.46. The van der Waals surface area contributed by atoms with Crippen LogP contribution in [0.4, 0.5) is 0 Å². The van der Waals surface area contributed by atoms with Crippen LogP contribution < -0.4 is 0 Å². The highest BCUT2D eigenvalue weighted by atomic mass is 16.5. The van der Waals surface area contributed by atoms with Crippen molar-refractivity contribution in [1.82, 2.24) is 29.8 Å². The number of ether oxygens (including phenoxy) is 1. The fourth-order valence-corrected chi connectivity index (χ4v) is 3.60. The highest BCUT2D eigenvalue weighted by Gasteiger charge is 2.35. The molecule has 2 aliphatic carbocycles. The van der Waals surface area contributed by atoms with Crippen LogP contribution in [0.1, 0.15) is 73.9 Å². The first-order chi connectivity index (χ1) is 12.2. The summed E-state index contributed by atoms with van der Waals surface area (Å²) < 4.78 is 13.7. The van der Waals surface area contributed by atoms with Gasteiger partial charge in [0.25, 0.3) is 5.89 Å². The average Bonchev–Trinajstić information content (AvgIpc) is 3.52. The third-order valence-electron chi connectivity index (χ3n) is 5.32. The number of aromatic nitrogens is 5. The monoisotopic (exact) mass is 344 g/mol. The van der Waals surface area contributed by atoms with E-state index in [-0.39, 0.29) is 12.2 Å². The minimum atomic E-state index is -0.167. The van der Waals surface area contributed by atoms with Crippen LogP contribution in [0.15, 0.2) is 4.52 Å². The summed E-state index contributed by atoms with van der Waals surface area (Å²) in [6.07, 6.45) is 4.77. The zero-order valence-corrected chi connectivity index (χ0v) is 14.8. The summed E-state index contributed by atoms with van der Waals surface area (Å²) in [5.41, 5.74) is 0. The quantitative estimate of drug-likeness (QED) is 0.819.